The highest BCUT2D eigenvalue weighted by Crippen LogP contribution is 2.01. The van der Waals surface area contributed by atoms with Crippen LogP contribution in [-0.4, -0.2) is 6.10 Å². The van der Waals surface area contributed by atoms with Gasteiger partial charge in [0.15, 0.2) is 0 Å². The molecule has 1 rings (SSSR count). The van der Waals surface area contributed by atoms with Crippen molar-refractivity contribution in [3.63, 3.8) is 0 Å². The summed E-state index contributed by atoms with van der Waals surface area (Å²) < 4.78 is 5.27. The third kappa shape index (κ3) is 3.24. The zero-order valence-electron chi connectivity index (χ0n) is 7.53. The molecule has 0 N–H and O–H groups in total. The molecule has 12 heavy (non-hydrogen) atoms. The predicted octanol–water partition coefficient (Wildman–Crippen LogP) is 3.08. The fourth-order valence-electron chi connectivity index (χ4n) is 0.839. The van der Waals surface area contributed by atoms with Gasteiger partial charge < -0.3 is 4.74 Å². The average molecular weight is 162 g/mol. The Balaban J connectivity index is 2.47. The summed E-state index contributed by atoms with van der Waals surface area (Å²) in [6.45, 7) is 4.02. The lowest BCUT2D eigenvalue weighted by molar-refractivity contribution is 0.181. The molecule has 0 bridgehead atoms. The second-order valence-electron chi connectivity index (χ2n) is 2.90. The number of hydrogen-bond acceptors (Lipinski definition) is 1. The van der Waals surface area contributed by atoms with Crippen molar-refractivity contribution in [2.45, 2.75) is 20.0 Å². The van der Waals surface area contributed by atoms with E-state index in [9.17, 15) is 0 Å². The van der Waals surface area contributed by atoms with E-state index < -0.39 is 0 Å². The van der Waals surface area contributed by atoms with E-state index in [4.69, 9.17) is 4.74 Å². The smallest absolute Gasteiger partial charge is 0.0922 e. The van der Waals surface area contributed by atoms with Crippen LogP contribution in [0.2, 0.25) is 0 Å². The van der Waals surface area contributed by atoms with E-state index in [1.54, 1.807) is 6.26 Å². The second kappa shape index (κ2) is 4.60. The third-order valence-corrected chi connectivity index (χ3v) is 1.41. The Morgan fingerprint density at radius 1 is 1.17 bits per heavy atom. The number of rotatable bonds is 3. The molecule has 0 amide bonds. The molecule has 1 aromatic carbocycles. The van der Waals surface area contributed by atoms with E-state index in [1.807, 2.05) is 50.3 Å². The Morgan fingerprint density at radius 2 is 1.83 bits per heavy atom. The van der Waals surface area contributed by atoms with Crippen molar-refractivity contribution in [1.29, 1.82) is 0 Å². The summed E-state index contributed by atoms with van der Waals surface area (Å²) in [4.78, 5) is 0. The lowest BCUT2D eigenvalue weighted by Crippen LogP contribution is -1.94. The highest BCUT2D eigenvalue weighted by atomic mass is 16.5. The molecule has 0 aliphatic carbocycles. The molecular formula is C11H14O. The van der Waals surface area contributed by atoms with Crippen molar-refractivity contribution in [2.75, 3.05) is 0 Å². The summed E-state index contributed by atoms with van der Waals surface area (Å²) in [5, 5.41) is 0. The van der Waals surface area contributed by atoms with Gasteiger partial charge in [-0.25, -0.2) is 0 Å². The molecule has 0 fully saturated rings. The number of ether oxygens (including phenoxy) is 1. The third-order valence-electron chi connectivity index (χ3n) is 1.41. The number of hydrogen-bond donors (Lipinski definition) is 0. The fourth-order valence-corrected chi connectivity index (χ4v) is 0.839. The van der Waals surface area contributed by atoms with Crippen LogP contribution >= 0.6 is 0 Å². The van der Waals surface area contributed by atoms with E-state index in [1.165, 1.54) is 0 Å². The van der Waals surface area contributed by atoms with Gasteiger partial charge >= 0.3 is 0 Å². The molecule has 0 heterocycles. The van der Waals surface area contributed by atoms with Gasteiger partial charge in [0.1, 0.15) is 0 Å². The molecule has 64 valence electrons. The second-order valence-corrected chi connectivity index (χ2v) is 2.90. The highest BCUT2D eigenvalue weighted by molar-refractivity contribution is 5.47. The van der Waals surface area contributed by atoms with Crippen LogP contribution < -0.4 is 0 Å². The lowest BCUT2D eigenvalue weighted by atomic mass is 10.2. The van der Waals surface area contributed by atoms with Crippen molar-refractivity contribution in [2.24, 2.45) is 0 Å². The van der Waals surface area contributed by atoms with Gasteiger partial charge in [0, 0.05) is 0 Å². The Morgan fingerprint density at radius 3 is 2.42 bits per heavy atom. The maximum absolute atomic E-state index is 5.27. The first-order chi connectivity index (χ1) is 5.79. The van der Waals surface area contributed by atoms with Crippen LogP contribution in [0.15, 0.2) is 36.6 Å². The van der Waals surface area contributed by atoms with Gasteiger partial charge in [-0.2, -0.15) is 0 Å². The van der Waals surface area contributed by atoms with E-state index in [0.717, 1.165) is 5.56 Å². The molecule has 0 aromatic heterocycles. The summed E-state index contributed by atoms with van der Waals surface area (Å²) >= 11 is 0. The van der Waals surface area contributed by atoms with Crippen LogP contribution in [0, 0.1) is 0 Å². The first-order valence-corrected chi connectivity index (χ1v) is 4.16. The minimum absolute atomic E-state index is 0.255. The summed E-state index contributed by atoms with van der Waals surface area (Å²) in [6.07, 6.45) is 3.95. The quantitative estimate of drug-likeness (QED) is 0.620. The van der Waals surface area contributed by atoms with Gasteiger partial charge in [0.2, 0.25) is 0 Å². The van der Waals surface area contributed by atoms with Crippen LogP contribution in [0.4, 0.5) is 0 Å². The molecular weight excluding hydrogens is 148 g/mol. The fraction of sp³-hybridized carbons (Fsp3) is 0.273. The molecule has 0 saturated heterocycles. The van der Waals surface area contributed by atoms with Gasteiger partial charge in [0.05, 0.1) is 12.4 Å². The lowest BCUT2D eigenvalue weighted by Gasteiger charge is -2.02. The highest BCUT2D eigenvalue weighted by Gasteiger charge is 1.86. The summed E-state index contributed by atoms with van der Waals surface area (Å²) in [5.74, 6) is 0. The van der Waals surface area contributed by atoms with Gasteiger partial charge in [-0.3, -0.25) is 0 Å². The predicted molar refractivity (Wildman–Crippen MR) is 51.7 cm³/mol. The molecule has 0 aliphatic heterocycles. The van der Waals surface area contributed by atoms with Crippen molar-refractivity contribution in [3.8, 4) is 0 Å². The summed E-state index contributed by atoms with van der Waals surface area (Å²) in [6, 6.07) is 10.1. The van der Waals surface area contributed by atoms with E-state index in [0.29, 0.717) is 0 Å². The Labute approximate surface area is 73.7 Å². The SMILES string of the molecule is CC(C)OC=Cc1ccccc1. The minimum Gasteiger partial charge on any atom is -0.499 e. The van der Waals surface area contributed by atoms with E-state index in [2.05, 4.69) is 0 Å². The van der Waals surface area contributed by atoms with Crippen LogP contribution in [0.25, 0.3) is 6.08 Å². The largest absolute Gasteiger partial charge is 0.499 e. The van der Waals surface area contributed by atoms with Gasteiger partial charge in [0.25, 0.3) is 0 Å². The van der Waals surface area contributed by atoms with Crippen LogP contribution in [-0.2, 0) is 4.74 Å². The van der Waals surface area contributed by atoms with E-state index in [-0.39, 0.29) is 6.10 Å². The molecule has 1 aromatic rings. The van der Waals surface area contributed by atoms with Crippen molar-refractivity contribution in [1.82, 2.24) is 0 Å². The van der Waals surface area contributed by atoms with Crippen LogP contribution in [0.5, 0.6) is 0 Å². The summed E-state index contributed by atoms with van der Waals surface area (Å²) in [7, 11) is 0. The van der Waals surface area contributed by atoms with Gasteiger partial charge in [-0.15, -0.1) is 0 Å². The maximum Gasteiger partial charge on any atom is 0.0922 e. The molecule has 0 saturated carbocycles. The first-order valence-electron chi connectivity index (χ1n) is 4.16. The molecule has 0 radical (unpaired) electrons. The summed E-state index contributed by atoms with van der Waals surface area (Å²) in [5.41, 5.74) is 1.16. The average Bonchev–Trinajstić information content (AvgIpc) is 2.05. The van der Waals surface area contributed by atoms with Crippen LogP contribution in [0.1, 0.15) is 19.4 Å². The van der Waals surface area contributed by atoms with Crippen molar-refractivity contribution in [3.05, 3.63) is 42.2 Å². The van der Waals surface area contributed by atoms with Gasteiger partial charge in [-0.05, 0) is 25.5 Å². The minimum atomic E-state index is 0.255. The number of benzene rings is 1. The Kier molecular flexibility index (Phi) is 3.39. The molecule has 1 nitrogen and oxygen atoms in total. The molecule has 0 atom stereocenters. The molecule has 0 spiro atoms. The monoisotopic (exact) mass is 162 g/mol. The first kappa shape index (κ1) is 8.85. The van der Waals surface area contributed by atoms with E-state index >= 15 is 0 Å². The van der Waals surface area contributed by atoms with Gasteiger partial charge in [-0.1, -0.05) is 30.3 Å². The van der Waals surface area contributed by atoms with Crippen LogP contribution in [0.3, 0.4) is 0 Å². The molecule has 1 heteroatoms. The van der Waals surface area contributed by atoms with Crippen molar-refractivity contribution < 1.29 is 4.74 Å². The zero-order valence-corrected chi connectivity index (χ0v) is 7.53. The van der Waals surface area contributed by atoms with Crippen molar-refractivity contribution >= 4 is 6.08 Å². The Hall–Kier alpha value is -1.24. The maximum atomic E-state index is 5.27. The molecule has 0 aliphatic rings. The zero-order chi connectivity index (χ0) is 8.81. The molecule has 0 unspecified atom stereocenters. The Bertz CT molecular complexity index is 236. The topological polar surface area (TPSA) is 9.23 Å². The standard InChI is InChI=1S/C11H14O/c1-10(2)12-9-8-11-6-4-3-5-7-11/h3-10H,1-2H3. The normalized spacial score (nSPS) is 10.9.